The van der Waals surface area contributed by atoms with Crippen molar-refractivity contribution in [2.75, 3.05) is 39.3 Å². The summed E-state index contributed by atoms with van der Waals surface area (Å²) in [5.74, 6) is -0.0896. The molecule has 2 aliphatic heterocycles. The van der Waals surface area contributed by atoms with Crippen molar-refractivity contribution in [2.45, 2.75) is 50.7 Å². The quantitative estimate of drug-likeness (QED) is 0.420. The molecule has 1 N–H and O–H groups in total. The highest BCUT2D eigenvalue weighted by atomic mass is 32.2. The first-order valence-electron chi connectivity index (χ1n) is 14.3. The van der Waals surface area contributed by atoms with E-state index in [-0.39, 0.29) is 5.91 Å². The number of piperidine rings is 1. The van der Waals surface area contributed by atoms with Crippen molar-refractivity contribution in [3.05, 3.63) is 101 Å². The number of carbonyl (C=O) groups is 1. The Hall–Kier alpha value is -3.04. The molecular weight excluding hydrogens is 520 g/mol. The molecule has 1 amide bonds. The van der Waals surface area contributed by atoms with Crippen LogP contribution in [0.1, 0.15) is 51.9 Å². The number of hydrogen-bond acceptors (Lipinski definition) is 5. The van der Waals surface area contributed by atoms with Crippen LogP contribution in [0.3, 0.4) is 0 Å². The van der Waals surface area contributed by atoms with Gasteiger partial charge in [-0.3, -0.25) is 14.6 Å². The van der Waals surface area contributed by atoms with Gasteiger partial charge in [0.2, 0.25) is 10.0 Å². The maximum Gasteiger partial charge on any atom is 0.251 e. The maximum atomic E-state index is 13.0. The normalized spacial score (nSPS) is 17.5. The highest BCUT2D eigenvalue weighted by molar-refractivity contribution is 7.89. The summed E-state index contributed by atoms with van der Waals surface area (Å²) in [5.41, 5.74) is 5.13. The summed E-state index contributed by atoms with van der Waals surface area (Å²) in [5, 5.41) is 3.05. The van der Waals surface area contributed by atoms with Gasteiger partial charge in [0.05, 0.1) is 4.90 Å². The molecule has 0 aromatic heterocycles. The van der Waals surface area contributed by atoms with Crippen molar-refractivity contribution in [1.29, 1.82) is 0 Å². The SMILES string of the molecule is Cc1ccc(S(=O)(=O)N2CCN(Cc3cccc(C(=O)NCc4ccc(CN5CCCCC5)cc4)c3)CC2)cc1. The van der Waals surface area contributed by atoms with Crippen molar-refractivity contribution in [3.8, 4) is 0 Å². The minimum Gasteiger partial charge on any atom is -0.348 e. The third-order valence-electron chi connectivity index (χ3n) is 7.92. The molecule has 212 valence electrons. The zero-order valence-corrected chi connectivity index (χ0v) is 24.2. The Morgan fingerprint density at radius 2 is 1.35 bits per heavy atom. The Morgan fingerprint density at radius 3 is 2.05 bits per heavy atom. The van der Waals surface area contributed by atoms with Crippen LogP contribution in [0.25, 0.3) is 0 Å². The summed E-state index contributed by atoms with van der Waals surface area (Å²) in [4.78, 5) is 18.0. The minimum absolute atomic E-state index is 0.0896. The highest BCUT2D eigenvalue weighted by Gasteiger charge is 2.28. The number of nitrogens with one attached hydrogen (secondary N) is 1. The van der Waals surface area contributed by atoms with Crippen LogP contribution in [-0.2, 0) is 29.7 Å². The fraction of sp³-hybridized carbons (Fsp3) is 0.406. The molecule has 7 nitrogen and oxygen atoms in total. The molecule has 2 aliphatic rings. The Bertz CT molecular complexity index is 1380. The van der Waals surface area contributed by atoms with Gasteiger partial charge in [0, 0.05) is 51.4 Å². The molecule has 0 aliphatic carbocycles. The lowest BCUT2D eigenvalue weighted by Gasteiger charge is -2.34. The van der Waals surface area contributed by atoms with Crippen LogP contribution in [0.4, 0.5) is 0 Å². The molecule has 0 spiro atoms. The van der Waals surface area contributed by atoms with E-state index in [1.54, 1.807) is 16.4 Å². The van der Waals surface area contributed by atoms with Crippen molar-refractivity contribution < 1.29 is 13.2 Å². The topological polar surface area (TPSA) is 73.0 Å². The molecule has 8 heteroatoms. The van der Waals surface area contributed by atoms with E-state index < -0.39 is 10.0 Å². The second kappa shape index (κ2) is 13.1. The molecule has 0 unspecified atom stereocenters. The largest absolute Gasteiger partial charge is 0.348 e. The lowest BCUT2D eigenvalue weighted by Crippen LogP contribution is -2.48. The number of carbonyl (C=O) groups excluding carboxylic acids is 1. The monoisotopic (exact) mass is 560 g/mol. The van der Waals surface area contributed by atoms with E-state index in [4.69, 9.17) is 0 Å². The summed E-state index contributed by atoms with van der Waals surface area (Å²) in [7, 11) is -3.48. The van der Waals surface area contributed by atoms with Gasteiger partial charge in [-0.2, -0.15) is 4.31 Å². The van der Waals surface area contributed by atoms with Crippen LogP contribution in [-0.4, -0.2) is 67.7 Å². The molecule has 5 rings (SSSR count). The average Bonchev–Trinajstić information content (AvgIpc) is 2.98. The summed E-state index contributed by atoms with van der Waals surface area (Å²) in [6, 6.07) is 23.3. The van der Waals surface area contributed by atoms with E-state index in [1.165, 1.54) is 37.9 Å². The van der Waals surface area contributed by atoms with Gasteiger partial charge in [-0.15, -0.1) is 0 Å². The Balaban J connectivity index is 1.10. The summed E-state index contributed by atoms with van der Waals surface area (Å²) < 4.78 is 27.6. The van der Waals surface area contributed by atoms with E-state index in [2.05, 4.69) is 39.4 Å². The molecule has 0 bridgehead atoms. The maximum absolute atomic E-state index is 13.0. The first-order valence-corrected chi connectivity index (χ1v) is 15.8. The zero-order chi connectivity index (χ0) is 28.0. The smallest absolute Gasteiger partial charge is 0.251 e. The molecular formula is C32H40N4O3S. The summed E-state index contributed by atoms with van der Waals surface area (Å²) >= 11 is 0. The zero-order valence-electron chi connectivity index (χ0n) is 23.4. The predicted molar refractivity (Wildman–Crippen MR) is 158 cm³/mol. The van der Waals surface area contributed by atoms with E-state index in [9.17, 15) is 13.2 Å². The fourth-order valence-electron chi connectivity index (χ4n) is 5.48. The van der Waals surface area contributed by atoms with Gasteiger partial charge in [0.1, 0.15) is 0 Å². The number of nitrogens with zero attached hydrogens (tertiary/aromatic N) is 3. The van der Waals surface area contributed by atoms with Crippen molar-refractivity contribution in [3.63, 3.8) is 0 Å². The molecule has 2 heterocycles. The van der Waals surface area contributed by atoms with E-state index in [0.29, 0.717) is 49.7 Å². The number of sulfonamides is 1. The van der Waals surface area contributed by atoms with Gasteiger partial charge in [-0.1, -0.05) is 60.5 Å². The first kappa shape index (κ1) is 28.5. The van der Waals surface area contributed by atoms with E-state index in [1.807, 2.05) is 43.3 Å². The lowest BCUT2D eigenvalue weighted by molar-refractivity contribution is 0.0950. The molecule has 2 fully saturated rings. The number of hydrogen-bond donors (Lipinski definition) is 1. The second-order valence-electron chi connectivity index (χ2n) is 11.0. The molecule has 2 saturated heterocycles. The van der Waals surface area contributed by atoms with Gasteiger partial charge in [0.25, 0.3) is 5.91 Å². The summed E-state index contributed by atoms with van der Waals surface area (Å²) in [6.07, 6.45) is 3.93. The molecule has 0 atom stereocenters. The Kier molecular flexibility index (Phi) is 9.32. The minimum atomic E-state index is -3.48. The standard InChI is InChI=1S/C32H40N4O3S/c1-26-8-14-31(15-9-26)40(38,39)36-20-18-35(19-21-36)25-29-6-5-7-30(22-29)32(37)33-23-27-10-12-28(13-11-27)24-34-16-3-2-4-17-34/h5-15,22H,2-4,16-21,23-25H2,1H3,(H,33,37). The van der Waals surface area contributed by atoms with Gasteiger partial charge in [-0.05, 0) is 73.8 Å². The fourth-order valence-corrected chi connectivity index (χ4v) is 6.90. The molecule has 40 heavy (non-hydrogen) atoms. The van der Waals surface area contributed by atoms with Crippen LogP contribution in [0, 0.1) is 6.92 Å². The number of aryl methyl sites for hydroxylation is 1. The predicted octanol–water partition coefficient (Wildman–Crippen LogP) is 4.42. The average molecular weight is 561 g/mol. The summed E-state index contributed by atoms with van der Waals surface area (Å²) in [6.45, 7) is 8.68. The Labute approximate surface area is 238 Å². The van der Waals surface area contributed by atoms with Crippen molar-refractivity contribution >= 4 is 15.9 Å². The molecule has 0 saturated carbocycles. The molecule has 3 aromatic rings. The number of rotatable bonds is 9. The van der Waals surface area contributed by atoms with Crippen molar-refractivity contribution in [1.82, 2.24) is 19.4 Å². The van der Waals surface area contributed by atoms with E-state index in [0.717, 1.165) is 23.2 Å². The van der Waals surface area contributed by atoms with Crippen LogP contribution >= 0.6 is 0 Å². The second-order valence-corrected chi connectivity index (χ2v) is 13.0. The van der Waals surface area contributed by atoms with Gasteiger partial charge in [-0.25, -0.2) is 8.42 Å². The van der Waals surface area contributed by atoms with Crippen molar-refractivity contribution in [2.24, 2.45) is 0 Å². The van der Waals surface area contributed by atoms with Crippen LogP contribution in [0.2, 0.25) is 0 Å². The van der Waals surface area contributed by atoms with Crippen LogP contribution < -0.4 is 5.32 Å². The third kappa shape index (κ3) is 7.37. The Morgan fingerprint density at radius 1 is 0.725 bits per heavy atom. The van der Waals surface area contributed by atoms with Gasteiger partial charge < -0.3 is 5.32 Å². The van der Waals surface area contributed by atoms with Gasteiger partial charge >= 0.3 is 0 Å². The lowest BCUT2D eigenvalue weighted by atomic mass is 10.1. The van der Waals surface area contributed by atoms with Gasteiger partial charge in [0.15, 0.2) is 0 Å². The third-order valence-corrected chi connectivity index (χ3v) is 9.83. The number of piperazine rings is 1. The first-order chi connectivity index (χ1) is 19.4. The number of amides is 1. The van der Waals surface area contributed by atoms with Crippen LogP contribution in [0.5, 0.6) is 0 Å². The highest BCUT2D eigenvalue weighted by Crippen LogP contribution is 2.20. The van der Waals surface area contributed by atoms with E-state index >= 15 is 0 Å². The molecule has 0 radical (unpaired) electrons. The number of likely N-dealkylation sites (tertiary alicyclic amines) is 1. The molecule has 3 aromatic carbocycles. The van der Waals surface area contributed by atoms with Crippen LogP contribution in [0.15, 0.2) is 77.7 Å². The number of benzene rings is 3.